The van der Waals surface area contributed by atoms with Crippen molar-refractivity contribution in [2.75, 3.05) is 0 Å². The van der Waals surface area contributed by atoms with E-state index >= 15 is 0 Å². The summed E-state index contributed by atoms with van der Waals surface area (Å²) < 4.78 is 3.04. The van der Waals surface area contributed by atoms with Gasteiger partial charge in [-0.15, -0.1) is 11.3 Å². The maximum Gasteiger partial charge on any atom is 0.274 e. The molecule has 0 aliphatic carbocycles. The highest BCUT2D eigenvalue weighted by Crippen LogP contribution is 2.36. The number of hydrogen-bond acceptors (Lipinski definition) is 5. The Labute approximate surface area is 185 Å². The van der Waals surface area contributed by atoms with E-state index in [9.17, 15) is 15.3 Å². The third-order valence-electron chi connectivity index (χ3n) is 4.91. The van der Waals surface area contributed by atoms with Gasteiger partial charge in [-0.3, -0.25) is 9.36 Å². The number of halogens is 1. The smallest absolute Gasteiger partial charge is 0.274 e. The summed E-state index contributed by atoms with van der Waals surface area (Å²) in [5.41, 5.74) is 9.22. The second kappa shape index (κ2) is 7.79. The molecule has 1 atom stereocenters. The van der Waals surface area contributed by atoms with Crippen LogP contribution < -0.4 is 20.5 Å². The van der Waals surface area contributed by atoms with E-state index in [0.29, 0.717) is 14.8 Å². The molecule has 2 heterocycles. The SMILES string of the molecule is Cc1cccc(/C=c2\sc3n(c2=O)C(N)=C(C#N)C(c2cccc(Br)c2)C=3C#N)c1. The number of benzene rings is 2. The molecule has 1 unspecified atom stereocenters. The predicted octanol–water partition coefficient (Wildman–Crippen LogP) is 2.93. The van der Waals surface area contributed by atoms with Crippen LogP contribution in [0.25, 0.3) is 17.5 Å². The number of aryl methyl sites for hydroxylation is 1. The third kappa shape index (κ3) is 3.29. The average molecular weight is 475 g/mol. The summed E-state index contributed by atoms with van der Waals surface area (Å²) in [6.45, 7) is 1.98. The van der Waals surface area contributed by atoms with Gasteiger partial charge in [-0.05, 0) is 36.3 Å². The second-order valence-corrected chi connectivity index (χ2v) is 8.84. The molecule has 4 rings (SSSR count). The minimum absolute atomic E-state index is 0.0709. The van der Waals surface area contributed by atoms with E-state index in [-0.39, 0.29) is 17.0 Å². The van der Waals surface area contributed by atoms with Crippen LogP contribution in [-0.4, -0.2) is 4.57 Å². The fourth-order valence-corrected chi connectivity index (χ4v) is 5.13. The lowest BCUT2D eigenvalue weighted by Crippen LogP contribution is -2.38. The highest BCUT2D eigenvalue weighted by molar-refractivity contribution is 9.10. The highest BCUT2D eigenvalue weighted by atomic mass is 79.9. The Morgan fingerprint density at radius 1 is 1.13 bits per heavy atom. The van der Waals surface area contributed by atoms with Gasteiger partial charge < -0.3 is 5.73 Å². The summed E-state index contributed by atoms with van der Waals surface area (Å²) in [7, 11) is 0. The summed E-state index contributed by atoms with van der Waals surface area (Å²) >= 11 is 4.65. The van der Waals surface area contributed by atoms with Crippen LogP contribution in [0.15, 0.2) is 63.4 Å². The zero-order chi connectivity index (χ0) is 21.4. The van der Waals surface area contributed by atoms with Crippen LogP contribution in [0.3, 0.4) is 0 Å². The standard InChI is InChI=1S/C23H15BrN4OS/c1-13-4-2-5-14(8-13)9-19-22(29)28-21(27)17(11-25)20(18(12-26)23(28)30-19)15-6-3-7-16(24)10-15/h2-10,20H,27H2,1H3/b19-9-. The molecular formula is C23H15BrN4OS. The first kappa shape index (κ1) is 19.9. The summed E-state index contributed by atoms with van der Waals surface area (Å²) in [6.07, 6.45) is 1.79. The van der Waals surface area contributed by atoms with Crippen LogP contribution in [-0.2, 0) is 0 Å². The van der Waals surface area contributed by atoms with Gasteiger partial charge >= 0.3 is 0 Å². The van der Waals surface area contributed by atoms with E-state index in [1.807, 2.05) is 55.5 Å². The van der Waals surface area contributed by atoms with Crippen molar-refractivity contribution in [2.24, 2.45) is 5.73 Å². The van der Waals surface area contributed by atoms with Crippen molar-refractivity contribution in [1.29, 1.82) is 10.5 Å². The Hall–Kier alpha value is -3.39. The van der Waals surface area contributed by atoms with Gasteiger partial charge in [-0.2, -0.15) is 10.5 Å². The molecule has 0 fully saturated rings. The van der Waals surface area contributed by atoms with Crippen LogP contribution in [0.1, 0.15) is 22.6 Å². The average Bonchev–Trinajstić information content (AvgIpc) is 3.04. The molecular weight excluding hydrogens is 460 g/mol. The first-order chi connectivity index (χ1) is 14.4. The Bertz CT molecular complexity index is 1480. The lowest BCUT2D eigenvalue weighted by Gasteiger charge is -2.22. The second-order valence-electron chi connectivity index (χ2n) is 6.89. The monoisotopic (exact) mass is 474 g/mol. The Morgan fingerprint density at radius 2 is 1.87 bits per heavy atom. The van der Waals surface area contributed by atoms with Crippen molar-refractivity contribution in [3.8, 4) is 12.1 Å². The number of aromatic nitrogens is 1. The number of nitrogens with zero attached hydrogens (tertiary/aromatic N) is 3. The van der Waals surface area contributed by atoms with E-state index < -0.39 is 5.92 Å². The number of allylic oxidation sites excluding steroid dienone is 1. The first-order valence-electron chi connectivity index (χ1n) is 9.04. The lowest BCUT2D eigenvalue weighted by atomic mass is 9.84. The van der Waals surface area contributed by atoms with Crippen molar-refractivity contribution in [2.45, 2.75) is 12.8 Å². The minimum atomic E-state index is -0.623. The summed E-state index contributed by atoms with van der Waals surface area (Å²) in [6, 6.07) is 19.5. The van der Waals surface area contributed by atoms with Crippen LogP contribution in [0, 0.1) is 29.6 Å². The number of nitrogens with two attached hydrogens (primary N) is 1. The van der Waals surface area contributed by atoms with Gasteiger partial charge in [-0.25, -0.2) is 0 Å². The number of fused-ring (bicyclic) bond motifs is 1. The number of hydrogen-bond donors (Lipinski definition) is 1. The zero-order valence-electron chi connectivity index (χ0n) is 15.9. The van der Waals surface area contributed by atoms with Gasteiger partial charge in [0, 0.05) is 4.47 Å². The van der Waals surface area contributed by atoms with Gasteiger partial charge in [0.05, 0.1) is 33.7 Å². The first-order valence-corrected chi connectivity index (χ1v) is 10.7. The Balaban J connectivity index is 2.07. The molecule has 0 bridgehead atoms. The van der Waals surface area contributed by atoms with Crippen LogP contribution in [0.4, 0.5) is 0 Å². The van der Waals surface area contributed by atoms with Gasteiger partial charge in [0.1, 0.15) is 10.5 Å². The molecule has 1 aliphatic rings. The molecule has 0 spiro atoms. The molecule has 0 amide bonds. The van der Waals surface area contributed by atoms with Crippen LogP contribution in [0.5, 0.6) is 0 Å². The lowest BCUT2D eigenvalue weighted by molar-refractivity contribution is 0.906. The molecule has 5 nitrogen and oxygen atoms in total. The molecule has 0 saturated carbocycles. The number of rotatable bonds is 2. The fraction of sp³-hybridized carbons (Fsp3) is 0.0870. The molecule has 146 valence electrons. The summed E-state index contributed by atoms with van der Waals surface area (Å²) in [5, 5.41) is 19.8. The van der Waals surface area contributed by atoms with E-state index in [1.54, 1.807) is 6.08 Å². The largest absolute Gasteiger partial charge is 0.384 e. The van der Waals surface area contributed by atoms with Crippen molar-refractivity contribution in [1.82, 2.24) is 4.57 Å². The highest BCUT2D eigenvalue weighted by Gasteiger charge is 2.32. The summed E-state index contributed by atoms with van der Waals surface area (Å²) in [5.74, 6) is -0.552. The van der Waals surface area contributed by atoms with E-state index in [2.05, 4.69) is 28.1 Å². The van der Waals surface area contributed by atoms with Crippen molar-refractivity contribution in [3.05, 3.63) is 94.8 Å². The molecule has 7 heteroatoms. The normalized spacial score (nSPS) is 16.2. The molecule has 2 aromatic carbocycles. The maximum absolute atomic E-state index is 13.1. The third-order valence-corrected chi connectivity index (χ3v) is 6.51. The van der Waals surface area contributed by atoms with Gasteiger partial charge in [-0.1, -0.05) is 57.9 Å². The molecule has 2 N–H and O–H groups in total. The fourth-order valence-electron chi connectivity index (χ4n) is 3.58. The molecule has 30 heavy (non-hydrogen) atoms. The predicted molar refractivity (Wildman–Crippen MR) is 121 cm³/mol. The Morgan fingerprint density at radius 3 is 2.53 bits per heavy atom. The molecule has 0 radical (unpaired) electrons. The van der Waals surface area contributed by atoms with Crippen LogP contribution in [0.2, 0.25) is 0 Å². The zero-order valence-corrected chi connectivity index (χ0v) is 18.3. The van der Waals surface area contributed by atoms with Gasteiger partial charge in [0.25, 0.3) is 5.56 Å². The summed E-state index contributed by atoms with van der Waals surface area (Å²) in [4.78, 5) is 13.1. The Kier molecular flexibility index (Phi) is 5.17. The maximum atomic E-state index is 13.1. The van der Waals surface area contributed by atoms with E-state index in [0.717, 1.165) is 21.2 Å². The molecule has 0 saturated heterocycles. The van der Waals surface area contributed by atoms with Crippen molar-refractivity contribution in [3.63, 3.8) is 0 Å². The molecule has 1 aliphatic heterocycles. The number of thiazole rings is 1. The molecule has 3 aromatic rings. The minimum Gasteiger partial charge on any atom is -0.384 e. The van der Waals surface area contributed by atoms with Crippen molar-refractivity contribution >= 4 is 44.7 Å². The van der Waals surface area contributed by atoms with Crippen molar-refractivity contribution < 1.29 is 0 Å². The molecule has 1 aromatic heterocycles. The van der Waals surface area contributed by atoms with Gasteiger partial charge in [0.2, 0.25) is 0 Å². The van der Waals surface area contributed by atoms with E-state index in [1.165, 1.54) is 15.9 Å². The number of nitriles is 2. The van der Waals surface area contributed by atoms with Gasteiger partial charge in [0.15, 0.2) is 0 Å². The van der Waals surface area contributed by atoms with E-state index in [4.69, 9.17) is 5.73 Å². The van der Waals surface area contributed by atoms with Crippen LogP contribution >= 0.6 is 27.3 Å². The quantitative estimate of drug-likeness (QED) is 0.617. The topological polar surface area (TPSA) is 95.6 Å².